The number of benzene rings is 1. The Hall–Kier alpha value is -1.28. The van der Waals surface area contributed by atoms with Crippen LogP contribution in [-0.4, -0.2) is 5.54 Å². The highest BCUT2D eigenvalue weighted by atomic mass is 16.5. The van der Waals surface area contributed by atoms with E-state index < -0.39 is 5.54 Å². The zero-order chi connectivity index (χ0) is 12.3. The molecule has 0 unspecified atom stereocenters. The molecule has 0 spiro atoms. The van der Waals surface area contributed by atoms with Gasteiger partial charge in [0.1, 0.15) is 0 Å². The fourth-order valence-corrected chi connectivity index (χ4v) is 1.51. The molecule has 2 nitrogen and oxygen atoms in total. The summed E-state index contributed by atoms with van der Waals surface area (Å²) in [5.74, 6) is 0. The highest BCUT2D eigenvalue weighted by molar-refractivity contribution is 5.68. The van der Waals surface area contributed by atoms with Gasteiger partial charge < -0.3 is 0 Å². The number of anilines is 1. The third-order valence-electron chi connectivity index (χ3n) is 2.36. The van der Waals surface area contributed by atoms with Crippen molar-refractivity contribution in [2.45, 2.75) is 40.2 Å². The monoisotopic (exact) mass is 218 g/mol. The van der Waals surface area contributed by atoms with Crippen LogP contribution in [-0.2, 0) is 5.21 Å². The Balaban J connectivity index is 3.24. The fraction of sp³-hybridized carbons (Fsp3) is 0.429. The Labute approximate surface area is 98.2 Å². The molecule has 2 heteroatoms. The molecule has 0 N–H and O–H groups in total. The Morgan fingerprint density at radius 3 is 2.38 bits per heavy atom. The van der Waals surface area contributed by atoms with E-state index >= 15 is 0 Å². The van der Waals surface area contributed by atoms with Crippen molar-refractivity contribution in [3.63, 3.8) is 0 Å². The second-order valence-electron chi connectivity index (χ2n) is 5.03. The number of hydroxylamine groups is 1. The summed E-state index contributed by atoms with van der Waals surface area (Å²) in [7, 11) is 0. The molecular formula is C14H20NO. The van der Waals surface area contributed by atoms with Crippen molar-refractivity contribution in [2.75, 3.05) is 5.06 Å². The maximum absolute atomic E-state index is 12.2. The van der Waals surface area contributed by atoms with E-state index in [9.17, 15) is 5.21 Å². The topological polar surface area (TPSA) is 23.1 Å². The third kappa shape index (κ3) is 2.86. The molecular weight excluding hydrogens is 198 g/mol. The van der Waals surface area contributed by atoms with Gasteiger partial charge in [-0.1, -0.05) is 29.5 Å². The van der Waals surface area contributed by atoms with Crippen molar-refractivity contribution >= 4 is 11.8 Å². The van der Waals surface area contributed by atoms with E-state index in [1.54, 1.807) is 0 Å². The van der Waals surface area contributed by atoms with Gasteiger partial charge in [-0.3, -0.25) is 0 Å². The van der Waals surface area contributed by atoms with E-state index in [-0.39, 0.29) is 0 Å². The average molecular weight is 218 g/mol. The van der Waals surface area contributed by atoms with Crippen LogP contribution in [0.15, 0.2) is 24.3 Å². The Morgan fingerprint density at radius 1 is 1.25 bits per heavy atom. The molecule has 0 aliphatic carbocycles. The number of nitrogens with zero attached hydrogens (tertiary/aromatic N) is 1. The minimum absolute atomic E-state index is 0.413. The van der Waals surface area contributed by atoms with Crippen LogP contribution in [0, 0.1) is 6.92 Å². The summed E-state index contributed by atoms with van der Waals surface area (Å²) in [6, 6.07) is 5.95. The molecule has 0 amide bonds. The van der Waals surface area contributed by atoms with Gasteiger partial charge in [-0.2, -0.15) is 0 Å². The third-order valence-corrected chi connectivity index (χ3v) is 2.36. The molecule has 0 fully saturated rings. The molecule has 0 bridgehead atoms. The maximum Gasteiger partial charge on any atom is 0.0748 e. The van der Waals surface area contributed by atoms with E-state index in [1.165, 1.54) is 0 Å². The fourth-order valence-electron chi connectivity index (χ4n) is 1.51. The Bertz CT molecular complexity index is 388. The molecule has 16 heavy (non-hydrogen) atoms. The molecule has 1 radical (unpaired) electrons. The van der Waals surface area contributed by atoms with Gasteiger partial charge in [-0.05, 0) is 51.8 Å². The first kappa shape index (κ1) is 12.8. The SMILES string of the molecule is C/C=C/c1ccc(C)cc1N([O])C(C)(C)C. The zero-order valence-corrected chi connectivity index (χ0v) is 10.7. The molecule has 0 saturated carbocycles. The minimum Gasteiger partial charge on any atom is -0.215 e. The predicted octanol–water partition coefficient (Wildman–Crippen LogP) is 3.98. The van der Waals surface area contributed by atoms with Crippen LogP contribution in [0.5, 0.6) is 0 Å². The molecule has 0 aliphatic rings. The van der Waals surface area contributed by atoms with E-state index in [4.69, 9.17) is 0 Å². The van der Waals surface area contributed by atoms with Crippen LogP contribution in [0.25, 0.3) is 6.08 Å². The summed E-state index contributed by atoms with van der Waals surface area (Å²) in [5, 5.41) is 13.3. The van der Waals surface area contributed by atoms with Crippen molar-refractivity contribution in [3.8, 4) is 0 Å². The summed E-state index contributed by atoms with van der Waals surface area (Å²) >= 11 is 0. The molecule has 1 aromatic rings. The predicted molar refractivity (Wildman–Crippen MR) is 68.8 cm³/mol. The van der Waals surface area contributed by atoms with Gasteiger partial charge in [0, 0.05) is 0 Å². The van der Waals surface area contributed by atoms with Crippen LogP contribution < -0.4 is 5.06 Å². The second-order valence-corrected chi connectivity index (χ2v) is 5.03. The lowest BCUT2D eigenvalue weighted by Gasteiger charge is -2.30. The normalized spacial score (nSPS) is 12.1. The first-order valence-corrected chi connectivity index (χ1v) is 5.57. The highest BCUT2D eigenvalue weighted by Gasteiger charge is 2.23. The lowest BCUT2D eigenvalue weighted by Crippen LogP contribution is -2.37. The molecule has 1 rings (SSSR count). The van der Waals surface area contributed by atoms with Gasteiger partial charge in [0.15, 0.2) is 0 Å². The first-order valence-electron chi connectivity index (χ1n) is 5.57. The molecule has 0 saturated heterocycles. The van der Waals surface area contributed by atoms with Crippen LogP contribution in [0.1, 0.15) is 38.8 Å². The van der Waals surface area contributed by atoms with E-state index in [0.29, 0.717) is 0 Å². The summed E-state index contributed by atoms with van der Waals surface area (Å²) in [4.78, 5) is 0. The molecule has 0 aliphatic heterocycles. The van der Waals surface area contributed by atoms with Crippen molar-refractivity contribution in [3.05, 3.63) is 35.4 Å². The number of hydrogen-bond acceptors (Lipinski definition) is 1. The number of allylic oxidation sites excluding steroid dienone is 1. The smallest absolute Gasteiger partial charge is 0.0748 e. The van der Waals surface area contributed by atoms with E-state index in [2.05, 4.69) is 0 Å². The molecule has 0 aromatic heterocycles. The van der Waals surface area contributed by atoms with Gasteiger partial charge in [0.25, 0.3) is 0 Å². The van der Waals surface area contributed by atoms with Crippen molar-refractivity contribution in [2.24, 2.45) is 0 Å². The Morgan fingerprint density at radius 2 is 1.88 bits per heavy atom. The lowest BCUT2D eigenvalue weighted by molar-refractivity contribution is 0.102. The van der Waals surface area contributed by atoms with Gasteiger partial charge in [0.05, 0.1) is 11.2 Å². The van der Waals surface area contributed by atoms with Crippen molar-refractivity contribution in [1.82, 2.24) is 0 Å². The van der Waals surface area contributed by atoms with Crippen LogP contribution >= 0.6 is 0 Å². The van der Waals surface area contributed by atoms with Gasteiger partial charge in [-0.15, -0.1) is 0 Å². The van der Waals surface area contributed by atoms with Gasteiger partial charge in [0.2, 0.25) is 0 Å². The quantitative estimate of drug-likeness (QED) is 0.689. The largest absolute Gasteiger partial charge is 0.215 e. The van der Waals surface area contributed by atoms with Crippen molar-refractivity contribution < 1.29 is 5.21 Å². The highest BCUT2D eigenvalue weighted by Crippen LogP contribution is 2.28. The van der Waals surface area contributed by atoms with Crippen LogP contribution in [0.4, 0.5) is 5.69 Å². The molecule has 0 atom stereocenters. The minimum atomic E-state index is -0.413. The lowest BCUT2D eigenvalue weighted by atomic mass is 10.0. The first-order chi connectivity index (χ1) is 7.36. The standard InChI is InChI=1S/C14H20NO/c1-6-7-12-9-8-11(2)10-13(12)15(16)14(3,4)5/h6-10H,1-5H3/b7-6+. The Kier molecular flexibility index (Phi) is 3.76. The van der Waals surface area contributed by atoms with Crippen LogP contribution in [0.3, 0.4) is 0 Å². The molecule has 0 heterocycles. The second kappa shape index (κ2) is 4.71. The molecule has 87 valence electrons. The summed E-state index contributed by atoms with van der Waals surface area (Å²) in [6.07, 6.45) is 3.91. The number of hydrogen-bond donors (Lipinski definition) is 0. The van der Waals surface area contributed by atoms with E-state index in [1.807, 2.05) is 65.0 Å². The summed E-state index contributed by atoms with van der Waals surface area (Å²) in [5.41, 5.74) is 2.40. The zero-order valence-electron chi connectivity index (χ0n) is 10.7. The van der Waals surface area contributed by atoms with Crippen molar-refractivity contribution in [1.29, 1.82) is 0 Å². The number of rotatable bonds is 2. The van der Waals surface area contributed by atoms with E-state index in [0.717, 1.165) is 21.9 Å². The summed E-state index contributed by atoms with van der Waals surface area (Å²) < 4.78 is 0. The van der Waals surface area contributed by atoms with Crippen LogP contribution in [0.2, 0.25) is 0 Å². The maximum atomic E-state index is 12.2. The average Bonchev–Trinajstić information content (AvgIpc) is 2.18. The van der Waals surface area contributed by atoms with Gasteiger partial charge in [-0.25, -0.2) is 5.06 Å². The molecule has 1 aromatic carbocycles. The summed E-state index contributed by atoms with van der Waals surface area (Å²) in [6.45, 7) is 9.71. The number of aryl methyl sites for hydroxylation is 1. The van der Waals surface area contributed by atoms with Gasteiger partial charge >= 0.3 is 0 Å².